The maximum Gasteiger partial charge on any atom is 0.423 e. The third-order valence-corrected chi connectivity index (χ3v) is 5.11. The van der Waals surface area contributed by atoms with Gasteiger partial charge >= 0.3 is 12.1 Å². The van der Waals surface area contributed by atoms with Crippen molar-refractivity contribution in [1.82, 2.24) is 19.7 Å². The number of hydrogen-bond donors (Lipinski definition) is 0. The van der Waals surface area contributed by atoms with Crippen LogP contribution >= 0.6 is 0 Å². The summed E-state index contributed by atoms with van der Waals surface area (Å²) in [6.45, 7) is 10.7. The molecule has 0 aliphatic rings. The van der Waals surface area contributed by atoms with Crippen molar-refractivity contribution in [3.8, 4) is 17.1 Å². The van der Waals surface area contributed by atoms with Crippen molar-refractivity contribution in [2.75, 3.05) is 6.61 Å². The zero-order valence-electron chi connectivity index (χ0n) is 20.3. The van der Waals surface area contributed by atoms with E-state index in [4.69, 9.17) is 14.0 Å². The predicted octanol–water partition coefficient (Wildman–Crippen LogP) is 5.26. The van der Waals surface area contributed by atoms with E-state index in [0.717, 1.165) is 12.3 Å². The van der Waals surface area contributed by atoms with Gasteiger partial charge in [0.05, 0.1) is 29.6 Å². The molecule has 0 aliphatic carbocycles. The first-order valence-corrected chi connectivity index (χ1v) is 11.0. The van der Waals surface area contributed by atoms with E-state index in [1.807, 2.05) is 0 Å². The average Bonchev–Trinajstić information content (AvgIpc) is 3.31. The molecule has 0 atom stereocenters. The van der Waals surface area contributed by atoms with Gasteiger partial charge in [0.2, 0.25) is 5.78 Å². The molecular formula is C25H25FN4O5. The van der Waals surface area contributed by atoms with Crippen LogP contribution in [0.5, 0.6) is 6.01 Å². The van der Waals surface area contributed by atoms with Crippen LogP contribution in [0.4, 0.5) is 9.18 Å². The van der Waals surface area contributed by atoms with Crippen molar-refractivity contribution in [2.45, 2.75) is 47.1 Å². The van der Waals surface area contributed by atoms with Gasteiger partial charge in [-0.05, 0) is 71.4 Å². The van der Waals surface area contributed by atoms with Crippen molar-refractivity contribution in [3.05, 3.63) is 59.0 Å². The average molecular weight is 480 g/mol. The number of halogens is 1. The molecule has 4 rings (SSSR count). The molecule has 0 saturated heterocycles. The van der Waals surface area contributed by atoms with E-state index in [1.54, 1.807) is 53.7 Å². The molecule has 0 spiro atoms. The van der Waals surface area contributed by atoms with E-state index in [9.17, 15) is 14.0 Å². The summed E-state index contributed by atoms with van der Waals surface area (Å²) in [6, 6.07) is 5.76. The molecule has 182 valence electrons. The number of carbonyl (C=O) groups is 2. The highest BCUT2D eigenvalue weighted by Crippen LogP contribution is 2.35. The molecule has 3 heterocycles. The van der Waals surface area contributed by atoms with Crippen LogP contribution < -0.4 is 4.74 Å². The van der Waals surface area contributed by atoms with E-state index in [-0.39, 0.29) is 29.4 Å². The Labute approximate surface area is 200 Å². The van der Waals surface area contributed by atoms with Crippen molar-refractivity contribution in [3.63, 3.8) is 0 Å². The lowest BCUT2D eigenvalue weighted by Gasteiger charge is -2.20. The summed E-state index contributed by atoms with van der Waals surface area (Å²) in [7, 11) is 0. The molecule has 9 nitrogen and oxygen atoms in total. The van der Waals surface area contributed by atoms with Gasteiger partial charge in [-0.15, -0.1) is 0 Å². The molecule has 0 bridgehead atoms. The molecule has 0 amide bonds. The SMILES string of the molecule is CCOc1nc2c(C(=O)c3ccc(F)cn3)cc(-c3c(C)noc3C)cc2n1C(=O)OC(C)(C)C. The Morgan fingerprint density at radius 3 is 2.49 bits per heavy atom. The molecular weight excluding hydrogens is 455 g/mol. The first-order valence-electron chi connectivity index (χ1n) is 11.0. The second-order valence-electron chi connectivity index (χ2n) is 8.92. The number of rotatable bonds is 5. The van der Waals surface area contributed by atoms with Crippen LogP contribution in [0.25, 0.3) is 22.2 Å². The monoisotopic (exact) mass is 480 g/mol. The number of ketones is 1. The summed E-state index contributed by atoms with van der Waals surface area (Å²) in [5, 5.41) is 4.00. The fraction of sp³-hybridized carbons (Fsp3) is 0.320. The third-order valence-electron chi connectivity index (χ3n) is 5.11. The first kappa shape index (κ1) is 24.1. The summed E-state index contributed by atoms with van der Waals surface area (Å²) < 4.78 is 31.2. The lowest BCUT2D eigenvalue weighted by Crippen LogP contribution is -2.27. The Morgan fingerprint density at radius 2 is 1.91 bits per heavy atom. The maximum absolute atomic E-state index is 13.5. The number of hydrogen-bond acceptors (Lipinski definition) is 8. The topological polar surface area (TPSA) is 109 Å². The minimum Gasteiger partial charge on any atom is -0.465 e. The Morgan fingerprint density at radius 1 is 1.17 bits per heavy atom. The Hall–Kier alpha value is -4.08. The van der Waals surface area contributed by atoms with Crippen molar-refractivity contribution in [1.29, 1.82) is 0 Å². The van der Waals surface area contributed by atoms with E-state index in [1.165, 1.54) is 10.6 Å². The summed E-state index contributed by atoms with van der Waals surface area (Å²) in [6.07, 6.45) is 0.255. The highest BCUT2D eigenvalue weighted by molar-refractivity contribution is 6.16. The number of pyridine rings is 1. The van der Waals surface area contributed by atoms with Gasteiger partial charge in [0, 0.05) is 5.56 Å². The largest absolute Gasteiger partial charge is 0.465 e. The molecule has 0 saturated carbocycles. The number of imidazole rings is 1. The Bertz CT molecular complexity index is 1410. The predicted molar refractivity (Wildman–Crippen MR) is 125 cm³/mol. The molecule has 10 heteroatoms. The van der Waals surface area contributed by atoms with Crippen molar-refractivity contribution in [2.24, 2.45) is 0 Å². The van der Waals surface area contributed by atoms with Gasteiger partial charge in [0.1, 0.15) is 28.4 Å². The number of nitrogens with zero attached hydrogens (tertiary/aromatic N) is 4. The van der Waals surface area contributed by atoms with Crippen LogP contribution in [-0.4, -0.2) is 43.8 Å². The standard InChI is InChI=1S/C25H25FN4O5/c1-7-33-23-28-21-17(22(31)18-9-8-16(26)12-27-18)10-15(20-13(2)29-35-14(20)3)11-19(21)30(23)24(32)34-25(4,5)6/h8-12H,7H2,1-6H3. The second-order valence-corrected chi connectivity index (χ2v) is 8.92. The van der Waals surface area contributed by atoms with Crippen LogP contribution in [0.1, 0.15) is 55.2 Å². The number of ether oxygens (including phenoxy) is 2. The van der Waals surface area contributed by atoms with Gasteiger partial charge in [-0.25, -0.2) is 14.2 Å². The molecule has 0 aliphatic heterocycles. The molecule has 0 radical (unpaired) electrons. The maximum atomic E-state index is 13.5. The number of aromatic nitrogens is 4. The Kier molecular flexibility index (Phi) is 6.14. The number of fused-ring (bicyclic) bond motifs is 1. The van der Waals surface area contributed by atoms with Gasteiger partial charge in [-0.1, -0.05) is 5.16 Å². The smallest absolute Gasteiger partial charge is 0.423 e. The quantitative estimate of drug-likeness (QED) is 0.356. The van der Waals surface area contributed by atoms with E-state index in [0.29, 0.717) is 28.1 Å². The van der Waals surface area contributed by atoms with Crippen LogP contribution in [0.3, 0.4) is 0 Å². The fourth-order valence-corrected chi connectivity index (χ4v) is 3.73. The molecule has 3 aromatic heterocycles. The summed E-state index contributed by atoms with van der Waals surface area (Å²) in [5.41, 5.74) is 1.75. The van der Waals surface area contributed by atoms with Crippen LogP contribution in [0.15, 0.2) is 35.0 Å². The van der Waals surface area contributed by atoms with Crippen molar-refractivity contribution < 1.29 is 28.0 Å². The zero-order valence-corrected chi connectivity index (χ0v) is 20.3. The normalized spacial score (nSPS) is 11.6. The van der Waals surface area contributed by atoms with Gasteiger partial charge in [0.25, 0.3) is 0 Å². The van der Waals surface area contributed by atoms with E-state index >= 15 is 0 Å². The molecule has 1 aromatic carbocycles. The second kappa shape index (κ2) is 8.94. The number of benzene rings is 1. The molecule has 0 N–H and O–H groups in total. The third kappa shape index (κ3) is 4.64. The highest BCUT2D eigenvalue weighted by atomic mass is 19.1. The Balaban J connectivity index is 2.03. The highest BCUT2D eigenvalue weighted by Gasteiger charge is 2.28. The molecule has 4 aromatic rings. The van der Waals surface area contributed by atoms with Crippen LogP contribution in [0, 0.1) is 19.7 Å². The summed E-state index contributed by atoms with van der Waals surface area (Å²) >= 11 is 0. The van der Waals surface area contributed by atoms with E-state index in [2.05, 4.69) is 15.1 Å². The van der Waals surface area contributed by atoms with Gasteiger partial charge in [-0.2, -0.15) is 9.55 Å². The minimum atomic E-state index is -0.785. The van der Waals surface area contributed by atoms with Gasteiger partial charge in [-0.3, -0.25) is 4.79 Å². The lowest BCUT2D eigenvalue weighted by molar-refractivity contribution is 0.0527. The number of aryl methyl sites for hydroxylation is 2. The zero-order chi connectivity index (χ0) is 25.5. The fourth-order valence-electron chi connectivity index (χ4n) is 3.73. The van der Waals surface area contributed by atoms with Crippen LogP contribution in [-0.2, 0) is 4.74 Å². The van der Waals surface area contributed by atoms with Crippen LogP contribution in [0.2, 0.25) is 0 Å². The van der Waals surface area contributed by atoms with Gasteiger partial charge in [0.15, 0.2) is 0 Å². The van der Waals surface area contributed by atoms with Crippen molar-refractivity contribution >= 4 is 22.9 Å². The molecule has 0 unspecified atom stereocenters. The lowest BCUT2D eigenvalue weighted by atomic mass is 9.97. The summed E-state index contributed by atoms with van der Waals surface area (Å²) in [4.78, 5) is 35.1. The molecule has 35 heavy (non-hydrogen) atoms. The minimum absolute atomic E-state index is 0.0197. The number of carbonyl (C=O) groups excluding carboxylic acids is 2. The van der Waals surface area contributed by atoms with Gasteiger partial charge < -0.3 is 14.0 Å². The first-order chi connectivity index (χ1) is 16.5. The van der Waals surface area contributed by atoms with E-state index < -0.39 is 23.3 Å². The summed E-state index contributed by atoms with van der Waals surface area (Å²) in [5.74, 6) is -0.530. The molecule has 0 fully saturated rings.